The molecule has 0 bridgehead atoms. The van der Waals surface area contributed by atoms with Gasteiger partial charge in [0.2, 0.25) is 0 Å². The predicted molar refractivity (Wildman–Crippen MR) is 62.1 cm³/mol. The molecule has 0 saturated carbocycles. The van der Waals surface area contributed by atoms with Gasteiger partial charge in [0, 0.05) is 0 Å². The van der Waals surface area contributed by atoms with Crippen LogP contribution in [-0.4, -0.2) is 0 Å². The molecule has 2 aromatic carbocycles. The number of hydrogen-bond acceptors (Lipinski definition) is 2. The maximum atomic E-state index is 12.5. The third-order valence-electron chi connectivity index (χ3n) is 2.22. The molecular weight excluding hydrogens is 243 g/mol. The summed E-state index contributed by atoms with van der Waals surface area (Å²) in [7, 11) is 0. The summed E-state index contributed by atoms with van der Waals surface area (Å²) in [5, 5.41) is 0. The van der Waals surface area contributed by atoms with Crippen molar-refractivity contribution in [3.05, 3.63) is 60.2 Å². The molecular formula is C13H10F3NO. The Hall–Kier alpha value is -2.17. The Morgan fingerprint density at radius 1 is 0.889 bits per heavy atom. The average molecular weight is 253 g/mol. The zero-order valence-electron chi connectivity index (χ0n) is 9.24. The van der Waals surface area contributed by atoms with Gasteiger partial charge in [-0.3, -0.25) is 0 Å². The second-order valence-corrected chi connectivity index (χ2v) is 3.60. The van der Waals surface area contributed by atoms with Crippen LogP contribution in [0.3, 0.4) is 0 Å². The third kappa shape index (κ3) is 3.16. The summed E-state index contributed by atoms with van der Waals surface area (Å²) >= 11 is 0. The number of halogens is 3. The molecule has 0 radical (unpaired) electrons. The predicted octanol–water partition coefficient (Wildman–Crippen LogP) is 4.11. The Kier molecular flexibility index (Phi) is 3.41. The lowest BCUT2D eigenvalue weighted by molar-refractivity contribution is -0.137. The summed E-state index contributed by atoms with van der Waals surface area (Å²) in [4.78, 5) is 5.08. The van der Waals surface area contributed by atoms with Crippen molar-refractivity contribution >= 4 is 5.69 Å². The quantitative estimate of drug-likeness (QED) is 0.831. The monoisotopic (exact) mass is 253 g/mol. The SMILES string of the molecule is FC(F)(F)c1cccc(ONc2ccccc2)c1. The molecule has 0 fully saturated rings. The second-order valence-electron chi connectivity index (χ2n) is 3.60. The number of hydrogen-bond donors (Lipinski definition) is 1. The Labute approximate surface area is 102 Å². The number of rotatable bonds is 3. The van der Waals surface area contributed by atoms with Crippen molar-refractivity contribution in [1.82, 2.24) is 0 Å². The molecule has 0 amide bonds. The lowest BCUT2D eigenvalue weighted by Gasteiger charge is -2.10. The van der Waals surface area contributed by atoms with E-state index in [9.17, 15) is 13.2 Å². The summed E-state index contributed by atoms with van der Waals surface area (Å²) in [6.45, 7) is 0. The summed E-state index contributed by atoms with van der Waals surface area (Å²) in [6, 6.07) is 13.6. The summed E-state index contributed by atoms with van der Waals surface area (Å²) < 4.78 is 37.4. The van der Waals surface area contributed by atoms with Gasteiger partial charge in [-0.25, -0.2) is 5.48 Å². The molecule has 18 heavy (non-hydrogen) atoms. The fraction of sp³-hybridized carbons (Fsp3) is 0.0769. The van der Waals surface area contributed by atoms with Crippen LogP contribution in [0.4, 0.5) is 18.9 Å². The van der Waals surface area contributed by atoms with Gasteiger partial charge in [-0.2, -0.15) is 13.2 Å². The van der Waals surface area contributed by atoms with Crippen molar-refractivity contribution in [1.29, 1.82) is 0 Å². The van der Waals surface area contributed by atoms with Gasteiger partial charge in [-0.1, -0.05) is 24.3 Å². The molecule has 0 aliphatic heterocycles. The van der Waals surface area contributed by atoms with Crippen LogP contribution in [0.5, 0.6) is 5.75 Å². The summed E-state index contributed by atoms with van der Waals surface area (Å²) in [5.41, 5.74) is 2.49. The van der Waals surface area contributed by atoms with E-state index < -0.39 is 11.7 Å². The smallest absolute Gasteiger partial charge is 0.382 e. The van der Waals surface area contributed by atoms with E-state index in [-0.39, 0.29) is 5.75 Å². The first-order valence-electron chi connectivity index (χ1n) is 5.21. The van der Waals surface area contributed by atoms with E-state index in [4.69, 9.17) is 4.84 Å². The largest absolute Gasteiger partial charge is 0.416 e. The summed E-state index contributed by atoms with van der Waals surface area (Å²) in [5.74, 6) is 0.105. The van der Waals surface area contributed by atoms with Gasteiger partial charge in [0.25, 0.3) is 0 Å². The van der Waals surface area contributed by atoms with Crippen LogP contribution in [0.15, 0.2) is 54.6 Å². The van der Waals surface area contributed by atoms with E-state index >= 15 is 0 Å². The molecule has 94 valence electrons. The first-order valence-corrected chi connectivity index (χ1v) is 5.21. The minimum absolute atomic E-state index is 0.105. The van der Waals surface area contributed by atoms with Crippen molar-refractivity contribution in [3.63, 3.8) is 0 Å². The number of nitrogens with one attached hydrogen (secondary N) is 1. The van der Waals surface area contributed by atoms with Crippen molar-refractivity contribution in [2.75, 3.05) is 5.48 Å². The van der Waals surface area contributed by atoms with Crippen LogP contribution < -0.4 is 10.3 Å². The lowest BCUT2D eigenvalue weighted by Crippen LogP contribution is -2.07. The van der Waals surface area contributed by atoms with Crippen molar-refractivity contribution in [2.24, 2.45) is 0 Å². The Morgan fingerprint density at radius 3 is 2.28 bits per heavy atom. The van der Waals surface area contributed by atoms with E-state index in [1.807, 2.05) is 6.07 Å². The Bertz CT molecular complexity index is 511. The number of para-hydroxylation sites is 1. The van der Waals surface area contributed by atoms with E-state index in [0.717, 1.165) is 12.1 Å². The molecule has 0 saturated heterocycles. The van der Waals surface area contributed by atoms with E-state index in [1.54, 1.807) is 24.3 Å². The van der Waals surface area contributed by atoms with Crippen LogP contribution in [0.2, 0.25) is 0 Å². The lowest BCUT2D eigenvalue weighted by atomic mass is 10.2. The molecule has 5 heteroatoms. The average Bonchev–Trinajstić information content (AvgIpc) is 2.37. The number of alkyl halides is 3. The van der Waals surface area contributed by atoms with Gasteiger partial charge in [-0.05, 0) is 30.3 Å². The fourth-order valence-electron chi connectivity index (χ4n) is 1.36. The van der Waals surface area contributed by atoms with Crippen LogP contribution in [-0.2, 0) is 6.18 Å². The molecule has 0 atom stereocenters. The van der Waals surface area contributed by atoms with Crippen LogP contribution >= 0.6 is 0 Å². The fourth-order valence-corrected chi connectivity index (χ4v) is 1.36. The van der Waals surface area contributed by atoms with Gasteiger partial charge in [0.05, 0.1) is 11.3 Å². The van der Waals surface area contributed by atoms with Gasteiger partial charge < -0.3 is 4.84 Å². The highest BCUT2D eigenvalue weighted by Crippen LogP contribution is 2.31. The normalized spacial score (nSPS) is 11.1. The zero-order chi connectivity index (χ0) is 13.0. The minimum atomic E-state index is -4.37. The molecule has 2 nitrogen and oxygen atoms in total. The first-order chi connectivity index (χ1) is 8.55. The standard InChI is InChI=1S/C13H10F3NO/c14-13(15,16)10-5-4-8-12(9-10)18-17-11-6-2-1-3-7-11/h1-9,17H. The number of anilines is 1. The van der Waals surface area contributed by atoms with E-state index in [2.05, 4.69) is 5.48 Å². The zero-order valence-corrected chi connectivity index (χ0v) is 9.24. The maximum absolute atomic E-state index is 12.5. The number of benzene rings is 2. The molecule has 0 aromatic heterocycles. The van der Waals surface area contributed by atoms with Crippen molar-refractivity contribution < 1.29 is 18.0 Å². The first kappa shape index (κ1) is 12.3. The van der Waals surface area contributed by atoms with Gasteiger partial charge in [0.1, 0.15) is 0 Å². The van der Waals surface area contributed by atoms with Gasteiger partial charge in [-0.15, -0.1) is 0 Å². The second kappa shape index (κ2) is 5.00. The molecule has 2 aromatic rings. The topological polar surface area (TPSA) is 21.3 Å². The molecule has 0 aliphatic carbocycles. The molecule has 0 unspecified atom stereocenters. The van der Waals surface area contributed by atoms with Gasteiger partial charge in [0.15, 0.2) is 5.75 Å². The van der Waals surface area contributed by atoms with E-state index in [0.29, 0.717) is 5.69 Å². The molecule has 0 heterocycles. The molecule has 0 aliphatic rings. The Morgan fingerprint density at radius 2 is 1.61 bits per heavy atom. The van der Waals surface area contributed by atoms with Crippen LogP contribution in [0.1, 0.15) is 5.56 Å². The summed E-state index contributed by atoms with van der Waals surface area (Å²) in [6.07, 6.45) is -4.37. The minimum Gasteiger partial charge on any atom is -0.382 e. The maximum Gasteiger partial charge on any atom is 0.416 e. The Balaban J connectivity index is 2.06. The highest BCUT2D eigenvalue weighted by Gasteiger charge is 2.30. The van der Waals surface area contributed by atoms with Crippen molar-refractivity contribution in [3.8, 4) is 5.75 Å². The van der Waals surface area contributed by atoms with Crippen molar-refractivity contribution in [2.45, 2.75) is 6.18 Å². The van der Waals surface area contributed by atoms with E-state index in [1.165, 1.54) is 12.1 Å². The highest BCUT2D eigenvalue weighted by atomic mass is 19.4. The van der Waals surface area contributed by atoms with Crippen LogP contribution in [0, 0.1) is 0 Å². The molecule has 0 spiro atoms. The molecule has 1 N–H and O–H groups in total. The third-order valence-corrected chi connectivity index (χ3v) is 2.22. The molecule has 2 rings (SSSR count). The van der Waals surface area contributed by atoms with Crippen LogP contribution in [0.25, 0.3) is 0 Å². The van der Waals surface area contributed by atoms with Gasteiger partial charge >= 0.3 is 6.18 Å². The highest BCUT2D eigenvalue weighted by molar-refractivity contribution is 5.41.